The van der Waals surface area contributed by atoms with E-state index in [0.717, 1.165) is 118 Å². The number of aromatic nitrogens is 12. The molecule has 0 unspecified atom stereocenters. The number of amides is 2. The number of benzene rings is 5. The normalized spacial score (nSPS) is 12.9. The highest BCUT2D eigenvalue weighted by atomic mass is 36.0. The van der Waals surface area contributed by atoms with Gasteiger partial charge in [-0.1, -0.05) is 7.43 Å². The number of likely N-dealkylation sites (N-methyl/N-ethyl adjacent to an activating group) is 2. The number of alkyl halides is 15. The molecule has 2 aliphatic heterocycles. The molecule has 2 aliphatic rings. The molecule has 0 saturated carbocycles. The van der Waals surface area contributed by atoms with Crippen molar-refractivity contribution in [1.29, 1.82) is 10.5 Å². The first kappa shape index (κ1) is 103. The molecule has 0 radical (unpaired) electrons. The molecule has 9 N–H and O–H groups in total. The topological polar surface area (TPSA) is 402 Å². The van der Waals surface area contributed by atoms with Crippen LogP contribution in [0.3, 0.4) is 0 Å². The van der Waals surface area contributed by atoms with Gasteiger partial charge in [-0.15, -0.1) is 15.3 Å². The van der Waals surface area contributed by atoms with Crippen LogP contribution in [0.4, 0.5) is 92.8 Å². The maximum Gasteiger partial charge on any atom is 0.416 e. The number of nitrogen functional groups attached to an aromatic ring is 1. The number of hydrogen-bond acceptors (Lipinski definition) is 24. The van der Waals surface area contributed by atoms with Gasteiger partial charge < -0.3 is 45.3 Å². The summed E-state index contributed by atoms with van der Waals surface area (Å²) in [5.41, 5.74) is 3.22. The van der Waals surface area contributed by atoms with Crippen LogP contribution in [-0.4, -0.2) is 178 Å². The lowest BCUT2D eigenvalue weighted by atomic mass is 10.1. The molecule has 13 rings (SSSR count). The highest BCUT2D eigenvalue weighted by Crippen LogP contribution is 2.61. The number of rotatable bonds is 2. The molecule has 11 aromatic rings. The maximum absolute atomic E-state index is 13.1. The van der Waals surface area contributed by atoms with Crippen LogP contribution < -0.4 is 38.2 Å². The fraction of sp³-hybridized carbons (Fsp3) is 0.353. The maximum atomic E-state index is 13.1. The van der Waals surface area contributed by atoms with Crippen molar-refractivity contribution in [1.82, 2.24) is 79.3 Å². The van der Waals surface area contributed by atoms with Crippen LogP contribution in [-0.2, 0) is 49.7 Å². The molecular formula is C68H73Cl5F15N22O8P. The predicted molar refractivity (Wildman–Crippen MR) is 416 cm³/mol. The lowest BCUT2D eigenvalue weighted by Gasteiger charge is -2.33. The number of anilines is 3. The number of halogens is 20. The molecule has 648 valence electrons. The van der Waals surface area contributed by atoms with E-state index in [9.17, 15) is 89.6 Å². The second-order valence-electron chi connectivity index (χ2n) is 23.7. The van der Waals surface area contributed by atoms with Gasteiger partial charge >= 0.3 is 53.3 Å². The zero-order valence-corrected chi connectivity index (χ0v) is 67.3. The number of aliphatic hydroxyl groups excluding tert-OH is 1. The Morgan fingerprint density at radius 2 is 0.950 bits per heavy atom. The fourth-order valence-corrected chi connectivity index (χ4v) is 9.75. The number of nitrogens with one attached hydrogen (secondary N) is 4. The first-order valence-corrected chi connectivity index (χ1v) is 38.2. The standard InChI is InChI=1S/C16H17F3N6.C11H6ClF3N4.C11H7F3N4O.C10H7F3N2O2.C8H5F3N2.C5H12N2.C2H3ClO2.C2H6N2O.C2H6O.CH4.Cl3OP/c1-10-20-14-12-9-11(16(17,18)19)3-4-13(12)21-15(25(14)22-10)24-7-5-23(2)6-8-24;1-5-16-9-7-4-6(11(13,14)15)2-3-8(7)17-10(12)19(9)18-5;1-5-15-9-7-4-6(11(12,13)14)2-3-8(7)16-10(19)18(9)17-5;1-17-9(16)15-8-3-2-7(10(11,12)13)4-6(8)5-14;9-8(10,11)6-1-2-7(13)5(3-6)4-12;1-7-4-2-6-3-5-7;1-5-2(3)4;1-2(5)4-3;1-2-3;;1-5(2,3)4/h3-4,9H,5-8H2,1-2H3;2-4H,1H3;2-4H,1H3,(H,16,19);2-4H,1H3,(H,15,16);1-3H,13H2;6H,2-5H2,1H3;1H3;3H2,1H3,(H,4,5);3H,2H2,1H3;1H4;. The zero-order valence-electron chi connectivity index (χ0n) is 62.6. The molecule has 30 nitrogen and oxygen atoms in total. The molecule has 0 atom stereocenters. The minimum Gasteiger partial charge on any atom is -0.457 e. The Bertz CT molecular complexity index is 5450. The van der Waals surface area contributed by atoms with Gasteiger partial charge in [0.2, 0.25) is 17.1 Å². The summed E-state index contributed by atoms with van der Waals surface area (Å²) in [4.78, 5) is 71.6. The van der Waals surface area contributed by atoms with Crippen LogP contribution in [0.2, 0.25) is 5.28 Å². The van der Waals surface area contributed by atoms with Crippen molar-refractivity contribution in [2.45, 2.75) is 72.9 Å². The van der Waals surface area contributed by atoms with E-state index in [-0.39, 0.29) is 75.3 Å². The minimum atomic E-state index is -4.53. The summed E-state index contributed by atoms with van der Waals surface area (Å²) in [7, 11) is 6.53. The Morgan fingerprint density at radius 1 is 0.588 bits per heavy atom. The van der Waals surface area contributed by atoms with Crippen molar-refractivity contribution in [2.75, 3.05) is 103 Å². The Balaban J connectivity index is 0.000000361. The highest BCUT2D eigenvalue weighted by molar-refractivity contribution is 8.24. The average Bonchev–Trinajstić information content (AvgIpc) is 1.69. The van der Waals surface area contributed by atoms with E-state index in [0.29, 0.717) is 51.6 Å². The van der Waals surface area contributed by atoms with E-state index in [2.05, 4.69) is 145 Å². The van der Waals surface area contributed by atoms with E-state index in [1.807, 2.05) is 5.43 Å². The number of aliphatic hydroxyl groups is 1. The Morgan fingerprint density at radius 3 is 1.35 bits per heavy atom. The molecule has 2 fully saturated rings. The number of hydrazine groups is 1. The zero-order chi connectivity index (χ0) is 89.3. The summed E-state index contributed by atoms with van der Waals surface area (Å²) in [6.07, 6.45) is -23.1. The summed E-state index contributed by atoms with van der Waals surface area (Å²) in [5.74, 6) is 6.20. The quantitative estimate of drug-likeness (QED) is 0.0123. The number of nitriles is 2. The minimum absolute atomic E-state index is 0. The van der Waals surface area contributed by atoms with Gasteiger partial charge in [-0.25, -0.2) is 45.1 Å². The van der Waals surface area contributed by atoms with E-state index in [1.165, 1.54) is 49.8 Å². The lowest BCUT2D eigenvalue weighted by Crippen LogP contribution is -2.45. The van der Waals surface area contributed by atoms with Gasteiger partial charge in [0.05, 0.1) is 75.4 Å². The first-order valence-electron chi connectivity index (χ1n) is 33.0. The molecule has 2 amide bonds. The Kier molecular flexibility index (Phi) is 38.9. The van der Waals surface area contributed by atoms with Crippen molar-refractivity contribution in [3.8, 4) is 12.1 Å². The van der Waals surface area contributed by atoms with Crippen molar-refractivity contribution in [3.63, 3.8) is 0 Å². The highest BCUT2D eigenvalue weighted by Gasteiger charge is 2.35. The number of H-pyrrole nitrogens is 1. The summed E-state index contributed by atoms with van der Waals surface area (Å²) >= 11 is 24.4. The van der Waals surface area contributed by atoms with Gasteiger partial charge in [0.25, 0.3) is 0 Å². The fourth-order valence-electron chi connectivity index (χ4n) is 9.54. The number of fused-ring (bicyclic) bond motifs is 9. The smallest absolute Gasteiger partial charge is 0.416 e. The van der Waals surface area contributed by atoms with E-state index < -0.39 is 81.1 Å². The number of nitrogens with two attached hydrogens (primary N) is 2. The number of carbonyl (C=O) groups is 3. The molecule has 6 aromatic heterocycles. The first-order chi connectivity index (χ1) is 54.7. The Labute approximate surface area is 689 Å². The second-order valence-corrected chi connectivity index (χ2v) is 31.0. The third kappa shape index (κ3) is 32.3. The molecule has 51 heteroatoms. The lowest BCUT2D eigenvalue weighted by molar-refractivity contribution is -0.138. The third-order valence-corrected chi connectivity index (χ3v) is 15.4. The second kappa shape index (κ2) is 45.1. The van der Waals surface area contributed by atoms with Crippen molar-refractivity contribution in [2.24, 2.45) is 5.84 Å². The van der Waals surface area contributed by atoms with Crippen molar-refractivity contribution < 1.29 is 99.4 Å². The SMILES string of the molecule is C.CC(=O)NN.CCO.CN1CCNCC1.COC(=O)Cl.COC(=O)Nc1ccc(C(F)(F)F)cc1C#N.Cc1nc2c3cc(C(F)(F)F)ccc3[nH]c(=O)n2n1.Cc1nc2c3cc(C(F)(F)F)ccc3nc(Cl)n2n1.Cc1nc2c3cc(C(F)(F)F)ccc3nc(N3CCN(C)CC3)n2n1.N#Cc1cc(C(F)(F)F)ccc1N.O=P(Cl)(Cl)Cl. The number of methoxy groups -OCH3 is 2. The number of aryl methyl sites for hydroxylation is 3. The number of nitrogens with zero attached hydrogens (tertiary/aromatic N) is 16. The van der Waals surface area contributed by atoms with Crippen LogP contribution in [0, 0.1) is 43.4 Å². The molecule has 0 spiro atoms. The number of piperazine rings is 2. The van der Waals surface area contributed by atoms with Gasteiger partial charge in [0.15, 0.2) is 16.9 Å². The monoisotopic (exact) mass is 1820 g/mol. The van der Waals surface area contributed by atoms with Crippen LogP contribution in [0.25, 0.3) is 49.7 Å². The molecule has 5 aromatic carbocycles. The summed E-state index contributed by atoms with van der Waals surface area (Å²) in [5, 5.41) is 39.9. The molecule has 0 aliphatic carbocycles. The average molecular weight is 1820 g/mol. The summed E-state index contributed by atoms with van der Waals surface area (Å²) < 4.78 is 210. The van der Waals surface area contributed by atoms with Crippen molar-refractivity contribution >= 4 is 147 Å². The van der Waals surface area contributed by atoms with Gasteiger partial charge in [-0.05, 0) is 178 Å². The number of carbonyl (C=O) groups excluding carboxylic acids is 3. The summed E-state index contributed by atoms with van der Waals surface area (Å²) in [6, 6.07) is 18.1. The van der Waals surface area contributed by atoms with Gasteiger partial charge in [0.1, 0.15) is 29.6 Å². The largest absolute Gasteiger partial charge is 0.457 e. The number of hydrogen-bond donors (Lipinski definition) is 7. The van der Waals surface area contributed by atoms with E-state index in [1.54, 1.807) is 44.3 Å². The van der Waals surface area contributed by atoms with Crippen LogP contribution in [0.15, 0.2) is 95.8 Å². The predicted octanol–water partition coefficient (Wildman–Crippen LogP) is 15.4. The van der Waals surface area contributed by atoms with Crippen LogP contribution >= 0.6 is 62.1 Å². The molecule has 2 saturated heterocycles. The molecule has 119 heavy (non-hydrogen) atoms. The van der Waals surface area contributed by atoms with Gasteiger partial charge in [0, 0.05) is 99.3 Å². The van der Waals surface area contributed by atoms with Crippen LogP contribution in [0.5, 0.6) is 0 Å². The Hall–Kier alpha value is -10.5. The number of aromatic amines is 1. The summed E-state index contributed by atoms with van der Waals surface area (Å²) in [6.45, 7) is 16.3. The number of ether oxygens (including phenoxy) is 2. The van der Waals surface area contributed by atoms with Gasteiger partial charge in [-0.3, -0.25) is 20.1 Å². The van der Waals surface area contributed by atoms with E-state index >= 15 is 0 Å². The third-order valence-electron chi connectivity index (χ3n) is 15.0. The van der Waals surface area contributed by atoms with Gasteiger partial charge in [-0.2, -0.15) is 89.9 Å². The molecule has 0 bridgehead atoms. The molecular weight excluding hydrogens is 1750 g/mol. The van der Waals surface area contributed by atoms with Crippen LogP contribution in [0.1, 0.15) is 77.7 Å². The molecule has 8 heterocycles. The van der Waals surface area contributed by atoms with Crippen molar-refractivity contribution in [3.05, 3.63) is 163 Å². The van der Waals surface area contributed by atoms with E-state index in [4.69, 9.17) is 33.0 Å².